The second-order valence-electron chi connectivity index (χ2n) is 5.70. The van der Waals surface area contributed by atoms with Crippen LogP contribution in [0.5, 0.6) is 11.5 Å². The van der Waals surface area contributed by atoms with Crippen LogP contribution in [0.15, 0.2) is 65.8 Å². The number of para-hydroxylation sites is 1. The van der Waals surface area contributed by atoms with Gasteiger partial charge in [-0.15, -0.1) is 6.42 Å². The van der Waals surface area contributed by atoms with Crippen molar-refractivity contribution in [2.75, 3.05) is 13.2 Å². The maximum atomic E-state index is 13.5. The van der Waals surface area contributed by atoms with Crippen LogP contribution < -0.4 is 14.9 Å². The van der Waals surface area contributed by atoms with E-state index in [0.29, 0.717) is 11.3 Å². The molecule has 140 valence electrons. The van der Waals surface area contributed by atoms with Gasteiger partial charge in [0.1, 0.15) is 12.4 Å². The van der Waals surface area contributed by atoms with Gasteiger partial charge in [-0.3, -0.25) is 4.79 Å². The van der Waals surface area contributed by atoms with E-state index in [1.807, 2.05) is 30.3 Å². The van der Waals surface area contributed by atoms with Gasteiger partial charge in [-0.05, 0) is 29.0 Å². The molecule has 3 rings (SSSR count). The van der Waals surface area contributed by atoms with Crippen LogP contribution in [0.4, 0.5) is 4.39 Å². The lowest BCUT2D eigenvalue weighted by atomic mass is 10.0. The molecule has 0 bridgehead atoms. The molecule has 0 fully saturated rings. The summed E-state index contributed by atoms with van der Waals surface area (Å²) in [6, 6.07) is 17.3. The van der Waals surface area contributed by atoms with Gasteiger partial charge in [-0.1, -0.05) is 48.4 Å². The van der Waals surface area contributed by atoms with Crippen LogP contribution in [0.3, 0.4) is 0 Å². The van der Waals surface area contributed by atoms with Crippen molar-refractivity contribution in [1.29, 1.82) is 0 Å². The van der Waals surface area contributed by atoms with Gasteiger partial charge in [-0.25, -0.2) is 9.82 Å². The minimum atomic E-state index is -0.537. The summed E-state index contributed by atoms with van der Waals surface area (Å²) >= 11 is 0. The van der Waals surface area contributed by atoms with Crippen LogP contribution in [-0.4, -0.2) is 25.3 Å². The van der Waals surface area contributed by atoms with E-state index < -0.39 is 11.7 Å². The van der Waals surface area contributed by atoms with Gasteiger partial charge in [0.15, 0.2) is 18.2 Å². The number of carbonyl (C=O) groups excluding carboxylic acids is 1. The number of hydrogen-bond donors (Lipinski definition) is 1. The van der Waals surface area contributed by atoms with Crippen LogP contribution in [-0.2, 0) is 4.79 Å². The average molecular weight is 376 g/mol. The monoisotopic (exact) mass is 376 g/mol. The van der Waals surface area contributed by atoms with Crippen molar-refractivity contribution in [3.05, 3.63) is 72.0 Å². The van der Waals surface area contributed by atoms with E-state index in [1.165, 1.54) is 24.4 Å². The first-order chi connectivity index (χ1) is 13.7. The van der Waals surface area contributed by atoms with E-state index in [2.05, 4.69) is 16.4 Å². The molecule has 0 aliphatic carbocycles. The van der Waals surface area contributed by atoms with E-state index in [0.717, 1.165) is 10.8 Å². The SMILES string of the molecule is C#CCOc1ccc2ccccc2c1/C=N\NC(=O)COc1ccccc1F. The number of ether oxygens (including phenoxy) is 2. The number of amides is 1. The quantitative estimate of drug-likeness (QED) is 0.390. The normalized spacial score (nSPS) is 10.6. The third kappa shape index (κ3) is 4.65. The second-order valence-corrected chi connectivity index (χ2v) is 5.70. The highest BCUT2D eigenvalue weighted by atomic mass is 19.1. The summed E-state index contributed by atoms with van der Waals surface area (Å²) < 4.78 is 24.2. The van der Waals surface area contributed by atoms with E-state index in [-0.39, 0.29) is 19.0 Å². The number of hydrogen-bond acceptors (Lipinski definition) is 4. The number of hydrazone groups is 1. The fraction of sp³-hybridized carbons (Fsp3) is 0.0909. The first-order valence-electron chi connectivity index (χ1n) is 8.46. The molecule has 0 saturated carbocycles. The summed E-state index contributed by atoms with van der Waals surface area (Å²) in [5.41, 5.74) is 3.04. The highest BCUT2D eigenvalue weighted by molar-refractivity contribution is 6.02. The maximum Gasteiger partial charge on any atom is 0.277 e. The second kappa shape index (κ2) is 9.19. The van der Waals surface area contributed by atoms with Gasteiger partial charge in [-0.2, -0.15) is 5.10 Å². The Labute approximate surface area is 161 Å². The Balaban J connectivity index is 1.70. The number of halogens is 1. The molecule has 0 radical (unpaired) electrons. The fourth-order valence-corrected chi connectivity index (χ4v) is 2.56. The molecule has 0 heterocycles. The van der Waals surface area contributed by atoms with Crippen molar-refractivity contribution < 1.29 is 18.7 Å². The van der Waals surface area contributed by atoms with Crippen LogP contribution in [0.25, 0.3) is 10.8 Å². The summed E-state index contributed by atoms with van der Waals surface area (Å²) in [7, 11) is 0. The maximum absolute atomic E-state index is 13.5. The van der Waals surface area contributed by atoms with E-state index in [1.54, 1.807) is 12.1 Å². The summed E-state index contributed by atoms with van der Waals surface area (Å²) in [4.78, 5) is 11.9. The number of terminal acetylenes is 1. The molecule has 3 aromatic carbocycles. The minimum Gasteiger partial charge on any atom is -0.481 e. The lowest BCUT2D eigenvalue weighted by molar-refractivity contribution is -0.123. The Morgan fingerprint density at radius 2 is 1.86 bits per heavy atom. The lowest BCUT2D eigenvalue weighted by Gasteiger charge is -2.10. The molecule has 5 nitrogen and oxygen atoms in total. The first-order valence-corrected chi connectivity index (χ1v) is 8.46. The molecular formula is C22H17FN2O3. The van der Waals surface area contributed by atoms with Crippen LogP contribution in [0, 0.1) is 18.2 Å². The van der Waals surface area contributed by atoms with Crippen molar-refractivity contribution in [3.8, 4) is 23.8 Å². The van der Waals surface area contributed by atoms with Crippen molar-refractivity contribution in [2.24, 2.45) is 5.10 Å². The fourth-order valence-electron chi connectivity index (χ4n) is 2.56. The van der Waals surface area contributed by atoms with Crippen molar-refractivity contribution in [2.45, 2.75) is 0 Å². The predicted molar refractivity (Wildman–Crippen MR) is 106 cm³/mol. The van der Waals surface area contributed by atoms with Gasteiger partial charge in [0.05, 0.1) is 6.21 Å². The topological polar surface area (TPSA) is 59.9 Å². The number of nitrogens with one attached hydrogen (secondary N) is 1. The van der Waals surface area contributed by atoms with Gasteiger partial charge in [0, 0.05) is 5.56 Å². The standard InChI is InChI=1S/C22H17FN2O3/c1-2-13-27-20-12-11-16-7-3-4-8-17(16)18(20)14-24-25-22(26)15-28-21-10-6-5-9-19(21)23/h1,3-12,14H,13,15H2,(H,25,26)/b24-14-. The van der Waals surface area contributed by atoms with Gasteiger partial charge in [0.2, 0.25) is 0 Å². The van der Waals surface area contributed by atoms with Gasteiger partial charge in [0.25, 0.3) is 5.91 Å². The third-order valence-electron chi connectivity index (χ3n) is 3.82. The van der Waals surface area contributed by atoms with E-state index in [4.69, 9.17) is 15.9 Å². The molecule has 0 aromatic heterocycles. The minimum absolute atomic E-state index is 0.000605. The first kappa shape index (κ1) is 18.9. The average Bonchev–Trinajstić information content (AvgIpc) is 2.72. The van der Waals surface area contributed by atoms with Crippen LogP contribution in [0.1, 0.15) is 5.56 Å². The smallest absolute Gasteiger partial charge is 0.277 e. The van der Waals surface area contributed by atoms with Gasteiger partial charge < -0.3 is 9.47 Å². The van der Waals surface area contributed by atoms with Crippen molar-refractivity contribution >= 4 is 22.9 Å². The predicted octanol–water partition coefficient (Wildman–Crippen LogP) is 3.52. The summed E-state index contributed by atoms with van der Waals surface area (Å²) in [5.74, 6) is 1.91. The molecule has 0 saturated heterocycles. The number of benzene rings is 3. The molecule has 0 atom stereocenters. The van der Waals surface area contributed by atoms with E-state index in [9.17, 15) is 9.18 Å². The number of carbonyl (C=O) groups is 1. The van der Waals surface area contributed by atoms with E-state index >= 15 is 0 Å². The van der Waals surface area contributed by atoms with Gasteiger partial charge >= 0.3 is 0 Å². The molecule has 3 aromatic rings. The lowest BCUT2D eigenvalue weighted by Crippen LogP contribution is -2.24. The highest BCUT2D eigenvalue weighted by Gasteiger charge is 2.08. The molecular weight excluding hydrogens is 359 g/mol. The molecule has 0 spiro atoms. The third-order valence-corrected chi connectivity index (χ3v) is 3.82. The molecule has 6 heteroatoms. The summed E-state index contributed by atoms with van der Waals surface area (Å²) in [6.07, 6.45) is 6.75. The molecule has 0 aliphatic heterocycles. The molecule has 0 aliphatic rings. The molecule has 0 unspecified atom stereocenters. The Morgan fingerprint density at radius 3 is 2.68 bits per heavy atom. The Kier molecular flexibility index (Phi) is 6.21. The Hall–Kier alpha value is -3.85. The largest absolute Gasteiger partial charge is 0.481 e. The zero-order chi connectivity index (χ0) is 19.8. The highest BCUT2D eigenvalue weighted by Crippen LogP contribution is 2.26. The molecule has 1 amide bonds. The van der Waals surface area contributed by atoms with Crippen molar-refractivity contribution in [3.63, 3.8) is 0 Å². The number of rotatable bonds is 7. The van der Waals surface area contributed by atoms with Crippen LogP contribution >= 0.6 is 0 Å². The van der Waals surface area contributed by atoms with Crippen LogP contribution in [0.2, 0.25) is 0 Å². The van der Waals surface area contributed by atoms with Crippen molar-refractivity contribution in [1.82, 2.24) is 5.43 Å². The Bertz CT molecular complexity index is 1060. The molecule has 28 heavy (non-hydrogen) atoms. The Morgan fingerprint density at radius 1 is 1.07 bits per heavy atom. The molecule has 1 N–H and O–H groups in total. The summed E-state index contributed by atoms with van der Waals surface area (Å²) in [5, 5.41) is 5.86. The number of fused-ring (bicyclic) bond motifs is 1. The zero-order valence-corrected chi connectivity index (χ0v) is 14.9. The number of nitrogens with zero attached hydrogens (tertiary/aromatic N) is 1. The zero-order valence-electron chi connectivity index (χ0n) is 14.9. The summed E-state index contributed by atoms with van der Waals surface area (Å²) in [6.45, 7) is -0.254.